The maximum atomic E-state index is 13.6. The van der Waals surface area contributed by atoms with Gasteiger partial charge in [0, 0.05) is 6.54 Å². The van der Waals surface area contributed by atoms with Gasteiger partial charge < -0.3 is 5.11 Å². The molecule has 0 heterocycles. The molecule has 20 heavy (non-hydrogen) atoms. The molecule has 1 saturated carbocycles. The summed E-state index contributed by atoms with van der Waals surface area (Å²) in [5.41, 5.74) is 0.377. The molecule has 1 aromatic rings. The third kappa shape index (κ3) is 3.77. The fourth-order valence-electron chi connectivity index (χ4n) is 2.63. The Kier molecular flexibility index (Phi) is 5.12. The van der Waals surface area contributed by atoms with Crippen LogP contribution in [0.2, 0.25) is 0 Å². The normalized spacial score (nSPS) is 16.7. The summed E-state index contributed by atoms with van der Waals surface area (Å²) in [5.74, 6) is -0.220. The van der Waals surface area contributed by atoms with E-state index in [2.05, 4.69) is 4.72 Å². The molecule has 112 valence electrons. The third-order valence-electron chi connectivity index (χ3n) is 3.79. The zero-order chi connectivity index (χ0) is 14.6. The zero-order valence-electron chi connectivity index (χ0n) is 11.3. The summed E-state index contributed by atoms with van der Waals surface area (Å²) in [6.07, 6.45) is 5.52. The first-order chi connectivity index (χ1) is 9.53. The van der Waals surface area contributed by atoms with Crippen LogP contribution in [-0.2, 0) is 16.6 Å². The molecule has 1 aromatic carbocycles. The average Bonchev–Trinajstić information content (AvgIpc) is 2.92. The van der Waals surface area contributed by atoms with Gasteiger partial charge in [0.25, 0.3) is 0 Å². The zero-order valence-corrected chi connectivity index (χ0v) is 12.1. The average molecular weight is 301 g/mol. The quantitative estimate of drug-likeness (QED) is 0.846. The highest BCUT2D eigenvalue weighted by Gasteiger charge is 2.20. The minimum absolute atomic E-state index is 0.315. The summed E-state index contributed by atoms with van der Waals surface area (Å²) >= 11 is 0. The number of hydrogen-bond acceptors (Lipinski definition) is 3. The lowest BCUT2D eigenvalue weighted by atomic mass is 10.1. The number of aliphatic hydroxyl groups is 1. The van der Waals surface area contributed by atoms with Crippen LogP contribution in [0.4, 0.5) is 4.39 Å². The first-order valence-corrected chi connectivity index (χ1v) is 8.40. The van der Waals surface area contributed by atoms with Crippen molar-refractivity contribution < 1.29 is 17.9 Å². The van der Waals surface area contributed by atoms with E-state index in [1.165, 1.54) is 25.0 Å². The van der Waals surface area contributed by atoms with Crippen molar-refractivity contribution in [1.29, 1.82) is 0 Å². The Hall–Kier alpha value is -0.980. The van der Waals surface area contributed by atoms with Crippen molar-refractivity contribution in [3.63, 3.8) is 0 Å². The fraction of sp³-hybridized carbons (Fsp3) is 0.571. The molecular weight excluding hydrogens is 281 g/mol. The van der Waals surface area contributed by atoms with Crippen LogP contribution in [0.5, 0.6) is 0 Å². The number of halogens is 1. The second kappa shape index (κ2) is 6.65. The SMILES string of the molecule is O=S(=O)(NCCC1CCCC1)c1cc(CO)ccc1F. The van der Waals surface area contributed by atoms with Crippen molar-refractivity contribution >= 4 is 10.0 Å². The molecule has 0 radical (unpaired) electrons. The molecule has 0 aliphatic heterocycles. The van der Waals surface area contributed by atoms with Crippen molar-refractivity contribution in [3.05, 3.63) is 29.6 Å². The lowest BCUT2D eigenvalue weighted by molar-refractivity contribution is 0.281. The van der Waals surface area contributed by atoms with Crippen LogP contribution in [-0.4, -0.2) is 20.1 Å². The number of hydrogen-bond donors (Lipinski definition) is 2. The van der Waals surface area contributed by atoms with E-state index in [0.29, 0.717) is 18.0 Å². The molecule has 0 aromatic heterocycles. The molecule has 1 aliphatic rings. The molecular formula is C14H20FNO3S. The number of nitrogens with one attached hydrogen (secondary N) is 1. The standard InChI is InChI=1S/C14H20FNO3S/c15-13-6-5-12(10-17)9-14(13)20(18,19)16-8-7-11-3-1-2-4-11/h5-6,9,11,16-17H,1-4,7-8,10H2. The van der Waals surface area contributed by atoms with Crippen molar-refractivity contribution in [3.8, 4) is 0 Å². The number of sulfonamides is 1. The molecule has 2 N–H and O–H groups in total. The van der Waals surface area contributed by atoms with Gasteiger partial charge in [-0.2, -0.15) is 0 Å². The van der Waals surface area contributed by atoms with Gasteiger partial charge in [0.15, 0.2) is 0 Å². The highest BCUT2D eigenvalue weighted by Crippen LogP contribution is 2.27. The molecule has 0 spiro atoms. The van der Waals surface area contributed by atoms with Gasteiger partial charge in [-0.1, -0.05) is 31.7 Å². The first-order valence-electron chi connectivity index (χ1n) is 6.92. The summed E-state index contributed by atoms with van der Waals surface area (Å²) in [7, 11) is -3.85. The van der Waals surface area contributed by atoms with Crippen molar-refractivity contribution in [2.45, 2.75) is 43.6 Å². The van der Waals surface area contributed by atoms with Gasteiger partial charge in [-0.25, -0.2) is 17.5 Å². The van der Waals surface area contributed by atoms with Gasteiger partial charge in [-0.3, -0.25) is 0 Å². The van der Waals surface area contributed by atoms with E-state index in [0.717, 1.165) is 25.3 Å². The molecule has 1 fully saturated rings. The third-order valence-corrected chi connectivity index (χ3v) is 5.26. The predicted octanol–water partition coefficient (Wildman–Crippen LogP) is 2.18. The number of benzene rings is 1. The maximum absolute atomic E-state index is 13.6. The van der Waals surface area contributed by atoms with E-state index in [1.54, 1.807) is 0 Å². The Morgan fingerprint density at radius 1 is 1.30 bits per heavy atom. The van der Waals surface area contributed by atoms with Crippen LogP contribution in [0.15, 0.2) is 23.1 Å². The summed E-state index contributed by atoms with van der Waals surface area (Å²) < 4.78 is 40.2. The van der Waals surface area contributed by atoms with Gasteiger partial charge in [0.2, 0.25) is 10.0 Å². The van der Waals surface area contributed by atoms with Gasteiger partial charge in [0.05, 0.1) is 6.61 Å². The van der Waals surface area contributed by atoms with Crippen LogP contribution in [0.25, 0.3) is 0 Å². The van der Waals surface area contributed by atoms with E-state index in [4.69, 9.17) is 5.11 Å². The smallest absolute Gasteiger partial charge is 0.243 e. The first kappa shape index (κ1) is 15.4. The topological polar surface area (TPSA) is 66.4 Å². The van der Waals surface area contributed by atoms with Crippen LogP contribution in [0.1, 0.15) is 37.7 Å². The Labute approximate surface area is 119 Å². The van der Waals surface area contributed by atoms with Gasteiger partial charge >= 0.3 is 0 Å². The molecule has 0 bridgehead atoms. The molecule has 0 atom stereocenters. The van der Waals surface area contributed by atoms with Gasteiger partial charge in [0.1, 0.15) is 10.7 Å². The molecule has 0 amide bonds. The lowest BCUT2D eigenvalue weighted by Crippen LogP contribution is -2.27. The van der Waals surface area contributed by atoms with Crippen molar-refractivity contribution in [1.82, 2.24) is 4.72 Å². The minimum atomic E-state index is -3.85. The van der Waals surface area contributed by atoms with Crippen molar-refractivity contribution in [2.75, 3.05) is 6.54 Å². The second-order valence-electron chi connectivity index (χ2n) is 5.26. The van der Waals surface area contributed by atoms with E-state index < -0.39 is 20.7 Å². The summed E-state index contributed by atoms with van der Waals surface area (Å²) in [4.78, 5) is -0.393. The minimum Gasteiger partial charge on any atom is -0.392 e. The summed E-state index contributed by atoms with van der Waals surface area (Å²) in [5, 5.41) is 9.00. The second-order valence-corrected chi connectivity index (χ2v) is 7.00. The van der Waals surface area contributed by atoms with E-state index >= 15 is 0 Å². The Morgan fingerprint density at radius 3 is 2.65 bits per heavy atom. The van der Waals surface area contributed by atoms with E-state index in [1.807, 2.05) is 0 Å². The molecule has 2 rings (SSSR count). The van der Waals surface area contributed by atoms with Gasteiger partial charge in [-0.15, -0.1) is 0 Å². The molecule has 0 saturated heterocycles. The summed E-state index contributed by atoms with van der Waals surface area (Å²) in [6, 6.07) is 3.61. The van der Waals surface area contributed by atoms with Crippen LogP contribution in [0, 0.1) is 11.7 Å². The highest BCUT2D eigenvalue weighted by atomic mass is 32.2. The van der Waals surface area contributed by atoms with Crippen LogP contribution in [0.3, 0.4) is 0 Å². The van der Waals surface area contributed by atoms with E-state index in [9.17, 15) is 12.8 Å². The van der Waals surface area contributed by atoms with E-state index in [-0.39, 0.29) is 6.61 Å². The predicted molar refractivity (Wildman–Crippen MR) is 74.1 cm³/mol. The fourth-order valence-corrected chi connectivity index (χ4v) is 3.80. The largest absolute Gasteiger partial charge is 0.392 e. The van der Waals surface area contributed by atoms with Crippen LogP contribution >= 0.6 is 0 Å². The van der Waals surface area contributed by atoms with Crippen LogP contribution < -0.4 is 4.72 Å². The molecule has 4 nitrogen and oxygen atoms in total. The molecule has 1 aliphatic carbocycles. The Bertz CT molecular complexity index is 554. The number of rotatable bonds is 6. The van der Waals surface area contributed by atoms with Gasteiger partial charge in [-0.05, 0) is 30.0 Å². The number of aliphatic hydroxyl groups excluding tert-OH is 1. The highest BCUT2D eigenvalue weighted by molar-refractivity contribution is 7.89. The maximum Gasteiger partial charge on any atom is 0.243 e. The monoisotopic (exact) mass is 301 g/mol. The summed E-state index contributed by atoms with van der Waals surface area (Å²) in [6.45, 7) is 0.0146. The Morgan fingerprint density at radius 2 is 2.00 bits per heavy atom. The molecule has 0 unspecified atom stereocenters. The molecule has 6 heteroatoms. The lowest BCUT2D eigenvalue weighted by Gasteiger charge is -2.11. The van der Waals surface area contributed by atoms with Crippen molar-refractivity contribution in [2.24, 2.45) is 5.92 Å². The Balaban J connectivity index is 2.01.